The SMILES string of the molecule is C=CCN(CC=C)C(=O)/C(C#N)=C\N1CCN(CCO)CC1. The second kappa shape index (κ2) is 9.77. The predicted molar refractivity (Wildman–Crippen MR) is 85.8 cm³/mol. The minimum Gasteiger partial charge on any atom is -0.395 e. The van der Waals surface area contributed by atoms with Crippen LogP contribution in [0.25, 0.3) is 0 Å². The van der Waals surface area contributed by atoms with Gasteiger partial charge in [-0.05, 0) is 0 Å². The Morgan fingerprint density at radius 3 is 2.27 bits per heavy atom. The summed E-state index contributed by atoms with van der Waals surface area (Å²) < 4.78 is 0. The summed E-state index contributed by atoms with van der Waals surface area (Å²) >= 11 is 0. The van der Waals surface area contributed by atoms with E-state index >= 15 is 0 Å². The van der Waals surface area contributed by atoms with Gasteiger partial charge in [-0.15, -0.1) is 13.2 Å². The minimum absolute atomic E-state index is 0.124. The van der Waals surface area contributed by atoms with Crippen LogP contribution in [0.1, 0.15) is 0 Å². The van der Waals surface area contributed by atoms with Gasteiger partial charge in [-0.1, -0.05) is 12.2 Å². The highest BCUT2D eigenvalue weighted by Gasteiger charge is 2.19. The molecule has 0 aromatic heterocycles. The Balaban J connectivity index is 2.70. The fraction of sp³-hybridized carbons (Fsp3) is 0.500. The third-order valence-electron chi connectivity index (χ3n) is 3.47. The van der Waals surface area contributed by atoms with E-state index in [-0.39, 0.29) is 18.1 Å². The number of rotatable bonds is 8. The Labute approximate surface area is 132 Å². The van der Waals surface area contributed by atoms with Gasteiger partial charge in [0.05, 0.1) is 6.61 Å². The Morgan fingerprint density at radius 1 is 1.23 bits per heavy atom. The number of nitrogens with zero attached hydrogens (tertiary/aromatic N) is 4. The molecule has 0 bridgehead atoms. The zero-order chi connectivity index (χ0) is 16.4. The average Bonchev–Trinajstić information content (AvgIpc) is 2.53. The number of carbonyl (C=O) groups excluding carboxylic acids is 1. The highest BCUT2D eigenvalue weighted by Crippen LogP contribution is 2.07. The van der Waals surface area contributed by atoms with Gasteiger partial charge in [0.2, 0.25) is 0 Å². The van der Waals surface area contributed by atoms with E-state index in [2.05, 4.69) is 18.1 Å². The van der Waals surface area contributed by atoms with Crippen LogP contribution in [0.2, 0.25) is 0 Å². The third kappa shape index (κ3) is 5.35. The van der Waals surface area contributed by atoms with E-state index in [1.54, 1.807) is 18.4 Å². The molecule has 0 aliphatic carbocycles. The Kier molecular flexibility index (Phi) is 7.97. The van der Waals surface area contributed by atoms with Crippen LogP contribution in [0.5, 0.6) is 0 Å². The maximum absolute atomic E-state index is 12.4. The number of hydrogen-bond donors (Lipinski definition) is 1. The van der Waals surface area contributed by atoms with Crippen LogP contribution in [0.15, 0.2) is 37.1 Å². The summed E-state index contributed by atoms with van der Waals surface area (Å²) in [6.45, 7) is 11.9. The largest absolute Gasteiger partial charge is 0.395 e. The maximum atomic E-state index is 12.4. The van der Waals surface area contributed by atoms with Gasteiger partial charge in [-0.2, -0.15) is 5.26 Å². The van der Waals surface area contributed by atoms with Gasteiger partial charge in [0.25, 0.3) is 5.91 Å². The molecular weight excluding hydrogens is 280 g/mol. The quantitative estimate of drug-likeness (QED) is 0.394. The Hall–Kier alpha value is -2.10. The van der Waals surface area contributed by atoms with Crippen molar-refractivity contribution in [2.24, 2.45) is 0 Å². The topological polar surface area (TPSA) is 70.8 Å². The third-order valence-corrected chi connectivity index (χ3v) is 3.47. The molecular formula is C16H24N4O2. The molecule has 1 rings (SSSR count). The molecule has 0 spiro atoms. The molecule has 0 atom stereocenters. The van der Waals surface area contributed by atoms with Crippen LogP contribution in [-0.4, -0.2) is 78.1 Å². The lowest BCUT2D eigenvalue weighted by Crippen LogP contribution is -2.45. The lowest BCUT2D eigenvalue weighted by atomic mass is 10.2. The smallest absolute Gasteiger partial charge is 0.266 e. The van der Waals surface area contributed by atoms with E-state index < -0.39 is 0 Å². The molecule has 120 valence electrons. The Morgan fingerprint density at radius 2 is 1.82 bits per heavy atom. The minimum atomic E-state index is -0.305. The summed E-state index contributed by atoms with van der Waals surface area (Å²) in [5, 5.41) is 18.2. The van der Waals surface area contributed by atoms with E-state index in [4.69, 9.17) is 5.11 Å². The zero-order valence-electron chi connectivity index (χ0n) is 12.9. The summed E-state index contributed by atoms with van der Waals surface area (Å²) in [7, 11) is 0. The molecule has 1 amide bonds. The van der Waals surface area contributed by atoms with Crippen molar-refractivity contribution in [3.63, 3.8) is 0 Å². The van der Waals surface area contributed by atoms with E-state index in [9.17, 15) is 10.1 Å². The number of β-amino-alcohol motifs (C(OH)–C–C–N with tert-alkyl or cyclic N) is 1. The number of aliphatic hydroxyl groups excluding tert-OH is 1. The molecule has 1 fully saturated rings. The van der Waals surface area contributed by atoms with Gasteiger partial charge >= 0.3 is 0 Å². The van der Waals surface area contributed by atoms with Crippen molar-refractivity contribution < 1.29 is 9.90 Å². The molecule has 1 saturated heterocycles. The first-order valence-corrected chi connectivity index (χ1v) is 7.36. The predicted octanol–water partition coefficient (Wildman–Crippen LogP) is 0.204. The molecule has 0 radical (unpaired) electrons. The van der Waals surface area contributed by atoms with Crippen molar-refractivity contribution in [3.8, 4) is 6.07 Å². The number of piperazine rings is 1. The monoisotopic (exact) mass is 304 g/mol. The maximum Gasteiger partial charge on any atom is 0.266 e. The van der Waals surface area contributed by atoms with Crippen LogP contribution in [-0.2, 0) is 4.79 Å². The van der Waals surface area contributed by atoms with Gasteiger partial charge in [0, 0.05) is 52.0 Å². The molecule has 1 heterocycles. The van der Waals surface area contributed by atoms with Crippen molar-refractivity contribution in [2.75, 3.05) is 52.4 Å². The first kappa shape index (κ1) is 18.0. The number of nitriles is 1. The van der Waals surface area contributed by atoms with Crippen LogP contribution in [0.4, 0.5) is 0 Å². The van der Waals surface area contributed by atoms with E-state index in [0.29, 0.717) is 19.6 Å². The van der Waals surface area contributed by atoms with Crippen LogP contribution in [0.3, 0.4) is 0 Å². The average molecular weight is 304 g/mol. The van der Waals surface area contributed by atoms with Crippen molar-refractivity contribution in [1.29, 1.82) is 5.26 Å². The summed E-state index contributed by atoms with van der Waals surface area (Å²) in [6.07, 6.45) is 4.89. The van der Waals surface area contributed by atoms with Crippen LogP contribution in [0, 0.1) is 11.3 Å². The highest BCUT2D eigenvalue weighted by atomic mass is 16.3. The normalized spacial score (nSPS) is 16.0. The fourth-order valence-corrected chi connectivity index (χ4v) is 2.29. The number of amides is 1. The highest BCUT2D eigenvalue weighted by molar-refractivity contribution is 5.97. The van der Waals surface area contributed by atoms with Crippen LogP contribution >= 0.6 is 0 Å². The van der Waals surface area contributed by atoms with Crippen molar-refractivity contribution in [2.45, 2.75) is 0 Å². The van der Waals surface area contributed by atoms with Gasteiger partial charge in [-0.25, -0.2) is 0 Å². The molecule has 1 aliphatic rings. The first-order chi connectivity index (χ1) is 10.7. The summed E-state index contributed by atoms with van der Waals surface area (Å²) in [5.41, 5.74) is 0.124. The van der Waals surface area contributed by atoms with E-state index in [1.807, 2.05) is 11.0 Å². The summed E-state index contributed by atoms with van der Waals surface area (Å²) in [5.74, 6) is -0.305. The van der Waals surface area contributed by atoms with Crippen molar-refractivity contribution in [1.82, 2.24) is 14.7 Å². The number of hydrogen-bond acceptors (Lipinski definition) is 5. The van der Waals surface area contributed by atoms with Crippen LogP contribution < -0.4 is 0 Å². The molecule has 1 aliphatic heterocycles. The van der Waals surface area contributed by atoms with Gasteiger partial charge in [-0.3, -0.25) is 9.69 Å². The summed E-state index contributed by atoms with van der Waals surface area (Å²) in [6, 6.07) is 1.99. The molecule has 22 heavy (non-hydrogen) atoms. The summed E-state index contributed by atoms with van der Waals surface area (Å²) in [4.78, 5) is 18.0. The van der Waals surface area contributed by atoms with Crippen molar-refractivity contribution in [3.05, 3.63) is 37.1 Å². The standard InChI is InChI=1S/C16H24N4O2/c1-3-5-20(6-4-2)16(22)15(13-17)14-19-9-7-18(8-10-19)11-12-21/h3-4,14,21H,1-2,5-12H2/b15-14-. The lowest BCUT2D eigenvalue weighted by Gasteiger charge is -2.33. The second-order valence-electron chi connectivity index (χ2n) is 5.04. The number of aliphatic hydroxyl groups is 1. The van der Waals surface area contributed by atoms with Gasteiger partial charge < -0.3 is 14.9 Å². The Bertz CT molecular complexity index is 449. The first-order valence-electron chi connectivity index (χ1n) is 7.36. The number of carbonyl (C=O) groups is 1. The molecule has 6 heteroatoms. The molecule has 6 nitrogen and oxygen atoms in total. The van der Waals surface area contributed by atoms with Gasteiger partial charge in [0.15, 0.2) is 0 Å². The molecule has 1 N–H and O–H groups in total. The fourth-order valence-electron chi connectivity index (χ4n) is 2.29. The molecule has 0 unspecified atom stereocenters. The second-order valence-corrected chi connectivity index (χ2v) is 5.04. The lowest BCUT2D eigenvalue weighted by molar-refractivity contribution is -0.125. The molecule has 0 aromatic carbocycles. The van der Waals surface area contributed by atoms with Gasteiger partial charge in [0.1, 0.15) is 11.6 Å². The van der Waals surface area contributed by atoms with E-state index in [0.717, 1.165) is 26.2 Å². The van der Waals surface area contributed by atoms with E-state index in [1.165, 1.54) is 4.90 Å². The molecule has 0 aromatic rings. The zero-order valence-corrected chi connectivity index (χ0v) is 12.9. The van der Waals surface area contributed by atoms with Crippen molar-refractivity contribution >= 4 is 5.91 Å². The molecule has 0 saturated carbocycles.